The second-order valence-electron chi connectivity index (χ2n) is 3.13. The van der Waals surface area contributed by atoms with Gasteiger partial charge in [0.2, 0.25) is 0 Å². The quantitative estimate of drug-likeness (QED) is 0.624. The van der Waals surface area contributed by atoms with Crippen molar-refractivity contribution in [2.75, 3.05) is 31.6 Å². The van der Waals surface area contributed by atoms with E-state index in [-0.39, 0.29) is 21.8 Å². The Bertz CT molecular complexity index is 123. The third-order valence-corrected chi connectivity index (χ3v) is 4.15. The zero-order valence-corrected chi connectivity index (χ0v) is 13.4. The van der Waals surface area contributed by atoms with Crippen molar-refractivity contribution in [3.63, 3.8) is 0 Å². The van der Waals surface area contributed by atoms with Crippen molar-refractivity contribution >= 4 is 59.1 Å². The van der Waals surface area contributed by atoms with E-state index in [1.165, 1.54) is 0 Å². The van der Waals surface area contributed by atoms with Crippen LogP contribution in [0.15, 0.2) is 0 Å². The number of alkyl halides is 2. The topological polar surface area (TPSA) is 3.24 Å². The largest absolute Gasteiger partial charge is 0.305 e. The molecule has 0 spiro atoms. The smallest absolute Gasteiger partial charge is 0.0761 e. The lowest BCUT2D eigenvalue weighted by Gasteiger charge is -2.16. The second kappa shape index (κ2) is 12.0. The van der Waals surface area contributed by atoms with E-state index in [2.05, 4.69) is 11.9 Å². The van der Waals surface area contributed by atoms with E-state index in [9.17, 15) is 0 Å². The predicted molar refractivity (Wildman–Crippen MR) is 80.3 cm³/mol. The summed E-state index contributed by atoms with van der Waals surface area (Å²) in [5.41, 5.74) is 0. The van der Waals surface area contributed by atoms with Gasteiger partial charge in [-0.2, -0.15) is 0 Å². The molecule has 0 aromatic heterocycles. The van der Waals surface area contributed by atoms with Gasteiger partial charge in [-0.3, -0.25) is 0 Å². The van der Waals surface area contributed by atoms with Crippen LogP contribution in [-0.2, 0) is 0 Å². The summed E-state index contributed by atoms with van der Waals surface area (Å²) in [5, 5.41) is 0. The van der Waals surface area contributed by atoms with E-state index in [0.29, 0.717) is 0 Å². The van der Waals surface area contributed by atoms with Gasteiger partial charge in [0.15, 0.2) is 0 Å². The summed E-state index contributed by atoms with van der Waals surface area (Å²) >= 11 is 15.2. The van der Waals surface area contributed by atoms with Gasteiger partial charge in [0.1, 0.15) is 0 Å². The molecule has 0 aliphatic carbocycles. The van der Waals surface area contributed by atoms with Gasteiger partial charge >= 0.3 is 0 Å². The lowest BCUT2D eigenvalue weighted by atomic mass is 10.6. The Morgan fingerprint density at radius 2 is 1.33 bits per heavy atom. The van der Waals surface area contributed by atoms with E-state index >= 15 is 0 Å². The van der Waals surface area contributed by atoms with Crippen LogP contribution < -0.4 is 0 Å². The van der Waals surface area contributed by atoms with E-state index in [4.69, 9.17) is 23.2 Å². The molecule has 0 bridgehead atoms. The zero-order chi connectivity index (χ0) is 11.0. The first-order valence-corrected chi connectivity index (χ1v) is 7.69. The van der Waals surface area contributed by atoms with Crippen LogP contribution in [0.2, 0.25) is 0 Å². The van der Waals surface area contributed by atoms with Crippen molar-refractivity contribution in [3.8, 4) is 0 Å². The lowest BCUT2D eigenvalue weighted by molar-refractivity contribution is 0.380. The molecule has 6 heteroatoms. The Hall–Kier alpha value is 1.53. The Balaban J connectivity index is 0. The summed E-state index contributed by atoms with van der Waals surface area (Å²) in [4.78, 5) is 2.32. The highest BCUT2D eigenvalue weighted by Gasteiger charge is 2.02. The highest BCUT2D eigenvalue weighted by Crippen LogP contribution is 2.15. The van der Waals surface area contributed by atoms with Crippen LogP contribution in [0, 0.1) is 0 Å². The van der Waals surface area contributed by atoms with E-state index < -0.39 is 0 Å². The number of hydrogen-bond donors (Lipinski definition) is 0. The molecule has 15 heavy (non-hydrogen) atoms. The van der Waals surface area contributed by atoms with Gasteiger partial charge in [-0.15, -0.1) is 59.1 Å². The Labute approximate surface area is 118 Å². The Morgan fingerprint density at radius 1 is 1.00 bits per heavy atom. The lowest BCUT2D eigenvalue weighted by Crippen LogP contribution is -2.24. The highest BCUT2D eigenvalue weighted by molar-refractivity contribution is 8.01. The van der Waals surface area contributed by atoms with Crippen LogP contribution in [0.5, 0.6) is 0 Å². The third kappa shape index (κ3) is 15.5. The molecule has 0 radical (unpaired) electrons. The van der Waals surface area contributed by atoms with E-state index in [1.807, 2.05) is 13.8 Å². The maximum atomic E-state index is 5.83. The molecule has 0 rings (SSSR count). The van der Waals surface area contributed by atoms with Crippen LogP contribution in [0.3, 0.4) is 0 Å². The first kappa shape index (κ1) is 18.9. The molecule has 0 amide bonds. The fourth-order valence-corrected chi connectivity index (χ4v) is 2.87. The van der Waals surface area contributed by atoms with Gasteiger partial charge in [-0.05, 0) is 20.9 Å². The van der Waals surface area contributed by atoms with Crippen LogP contribution in [-0.4, -0.2) is 46.0 Å². The van der Waals surface area contributed by atoms with Crippen molar-refractivity contribution in [2.24, 2.45) is 0 Å². The first-order chi connectivity index (χ1) is 6.52. The van der Waals surface area contributed by atoms with Crippen LogP contribution >= 0.6 is 59.1 Å². The molecule has 0 saturated carbocycles. The molecular weight excluding hydrogens is 293 g/mol. The summed E-state index contributed by atoms with van der Waals surface area (Å²) < 4.78 is 0.446. The van der Waals surface area contributed by atoms with Crippen LogP contribution in [0.4, 0.5) is 0 Å². The van der Waals surface area contributed by atoms with Gasteiger partial charge in [0, 0.05) is 24.6 Å². The fraction of sp³-hybridized carbons (Fsp3) is 1.00. The molecule has 0 aliphatic rings. The van der Waals surface area contributed by atoms with Gasteiger partial charge < -0.3 is 4.90 Å². The number of nitrogens with zero attached hydrogens (tertiary/aromatic N) is 1. The SMILES string of the molecule is CC(Cl)SCCN(C)CCSC(C)Cl.Cl. The minimum absolute atomic E-state index is 0. The molecular formula is C9H20Cl3NS2. The average Bonchev–Trinajstić information content (AvgIpc) is 2.02. The number of hydrogen-bond acceptors (Lipinski definition) is 3. The minimum Gasteiger partial charge on any atom is -0.305 e. The summed E-state index contributed by atoms with van der Waals surface area (Å²) in [6.45, 7) is 6.21. The number of rotatable bonds is 8. The van der Waals surface area contributed by atoms with Gasteiger partial charge in [-0.1, -0.05) is 0 Å². The van der Waals surface area contributed by atoms with E-state index in [0.717, 1.165) is 24.6 Å². The molecule has 0 aromatic carbocycles. The highest BCUT2D eigenvalue weighted by atomic mass is 35.5. The Kier molecular flexibility index (Phi) is 15.1. The molecule has 0 fully saturated rings. The minimum atomic E-state index is 0. The number of halogens is 3. The summed E-state index contributed by atoms with van der Waals surface area (Å²) in [7, 11) is 2.14. The zero-order valence-electron chi connectivity index (χ0n) is 9.41. The summed E-state index contributed by atoms with van der Waals surface area (Å²) in [5.74, 6) is 2.20. The molecule has 2 atom stereocenters. The average molecular weight is 313 g/mol. The standard InChI is InChI=1S/C9H19Cl2NS2.ClH/c1-8(10)13-6-4-12(3)5-7-14-9(2)11;/h8-9H,4-7H2,1-3H3;1H. The fourth-order valence-electron chi connectivity index (χ4n) is 0.854. The van der Waals surface area contributed by atoms with E-state index in [1.54, 1.807) is 23.5 Å². The van der Waals surface area contributed by atoms with Crippen molar-refractivity contribution in [1.82, 2.24) is 4.90 Å². The molecule has 0 heterocycles. The molecule has 0 aromatic rings. The molecule has 0 aliphatic heterocycles. The molecule has 0 N–H and O–H groups in total. The van der Waals surface area contributed by atoms with Gasteiger partial charge in [0.05, 0.1) is 9.42 Å². The Morgan fingerprint density at radius 3 is 1.60 bits per heavy atom. The predicted octanol–water partition coefficient (Wildman–Crippen LogP) is 3.98. The summed E-state index contributed by atoms with van der Waals surface area (Å²) in [6, 6.07) is 0. The van der Waals surface area contributed by atoms with Crippen molar-refractivity contribution < 1.29 is 0 Å². The third-order valence-electron chi connectivity index (χ3n) is 1.64. The van der Waals surface area contributed by atoms with Crippen LogP contribution in [0.25, 0.3) is 0 Å². The molecule has 94 valence electrons. The monoisotopic (exact) mass is 311 g/mol. The summed E-state index contributed by atoms with van der Waals surface area (Å²) in [6.07, 6.45) is 0. The second-order valence-corrected chi connectivity index (χ2v) is 7.86. The normalized spacial score (nSPS) is 14.8. The molecule has 1 nitrogen and oxygen atoms in total. The van der Waals surface area contributed by atoms with Crippen molar-refractivity contribution in [2.45, 2.75) is 23.3 Å². The molecule has 0 saturated heterocycles. The van der Waals surface area contributed by atoms with Crippen LogP contribution in [0.1, 0.15) is 13.8 Å². The first-order valence-electron chi connectivity index (χ1n) is 4.72. The molecule has 2 unspecified atom stereocenters. The van der Waals surface area contributed by atoms with Crippen molar-refractivity contribution in [1.29, 1.82) is 0 Å². The van der Waals surface area contributed by atoms with Crippen molar-refractivity contribution in [3.05, 3.63) is 0 Å². The maximum Gasteiger partial charge on any atom is 0.0761 e. The number of thioether (sulfide) groups is 2. The van der Waals surface area contributed by atoms with Gasteiger partial charge in [0.25, 0.3) is 0 Å². The van der Waals surface area contributed by atoms with Gasteiger partial charge in [-0.25, -0.2) is 0 Å². The maximum absolute atomic E-state index is 5.83.